The summed E-state index contributed by atoms with van der Waals surface area (Å²) in [7, 11) is 13.1. The van der Waals surface area contributed by atoms with Gasteiger partial charge in [-0.05, 0) is 170 Å². The third-order valence-electron chi connectivity index (χ3n) is 15.2. The lowest BCUT2D eigenvalue weighted by Crippen LogP contribution is -2.70. The summed E-state index contributed by atoms with van der Waals surface area (Å²) >= 11 is 0. The minimum atomic E-state index is 0.740. The molecule has 0 bridgehead atoms. The zero-order valence-corrected chi connectivity index (χ0v) is 60.9. The molecule has 0 atom stereocenters. The Morgan fingerprint density at radius 2 is 0.355 bits per heavy atom. The van der Waals surface area contributed by atoms with Crippen LogP contribution < -0.4 is 0 Å². The molecule has 76 heavy (non-hydrogen) atoms. The van der Waals surface area contributed by atoms with Crippen LogP contribution in [-0.2, 0) is 0 Å². The van der Waals surface area contributed by atoms with Crippen LogP contribution in [-0.4, -0.2) is 150 Å². The van der Waals surface area contributed by atoms with Gasteiger partial charge in [0.25, 0.3) is 0 Å². The summed E-state index contributed by atoms with van der Waals surface area (Å²) in [6.07, 6.45) is 15.1. The van der Waals surface area contributed by atoms with Crippen LogP contribution in [0.5, 0.6) is 0 Å². The van der Waals surface area contributed by atoms with Crippen LogP contribution in [0, 0.1) is 69.0 Å². The number of nitrogens with zero attached hydrogens (tertiary/aromatic N) is 6. The monoisotopic (exact) mass is 1090 g/mol. The Balaban J connectivity index is -0.000000138. The van der Waals surface area contributed by atoms with E-state index < -0.39 is 0 Å². The lowest BCUT2D eigenvalue weighted by molar-refractivity contribution is -0.0926. The fourth-order valence-electron chi connectivity index (χ4n) is 14.4. The summed E-state index contributed by atoms with van der Waals surface area (Å²) in [5.41, 5.74) is 3.25. The van der Waals surface area contributed by atoms with Crippen molar-refractivity contribution in [1.29, 1.82) is 0 Å². The SMILES string of the molecule is CC.CC.CC.CC.CC.CC.CC.CC.CC.CC.CC.CC1CC(C)C1.CC1CC2(C1)CC(C)C2.CC1CC2(C1)CN(C)C2.CC1CC2(C1)CN(C)C2.CC1CN(C)C1.CC1CN(C)C1.CN1CC2(C1)CN(C)C2. The Hall–Kier alpha value is -0.240. The molecule has 0 N–H and O–H groups in total. The van der Waals surface area contributed by atoms with E-state index in [2.05, 4.69) is 127 Å². The van der Waals surface area contributed by atoms with E-state index in [9.17, 15) is 0 Å². The van der Waals surface area contributed by atoms with Crippen LogP contribution >= 0.6 is 0 Å². The first kappa shape index (κ1) is 89.6. The van der Waals surface area contributed by atoms with E-state index in [0.717, 1.165) is 69.0 Å². The summed E-state index contributed by atoms with van der Waals surface area (Å²) in [6.45, 7) is 78.7. The van der Waals surface area contributed by atoms with Crippen molar-refractivity contribution < 1.29 is 0 Å². The molecule has 6 saturated heterocycles. The van der Waals surface area contributed by atoms with Gasteiger partial charge in [-0.15, -0.1) is 0 Å². The molecule has 0 aromatic rings. The van der Waals surface area contributed by atoms with Gasteiger partial charge < -0.3 is 29.4 Å². The molecule has 5 aliphatic carbocycles. The van der Waals surface area contributed by atoms with Gasteiger partial charge in [0, 0.05) is 84.0 Å². The van der Waals surface area contributed by atoms with Crippen molar-refractivity contribution >= 4 is 0 Å². The first-order chi connectivity index (χ1) is 36.2. The molecule has 4 spiro atoms. The summed E-state index contributed by atoms with van der Waals surface area (Å²) in [6, 6.07) is 0. The average molecular weight is 1090 g/mol. The maximum atomic E-state index is 2.42. The van der Waals surface area contributed by atoms with Gasteiger partial charge in [0.1, 0.15) is 0 Å². The number of likely N-dealkylation sites (tertiary alicyclic amines) is 6. The summed E-state index contributed by atoms with van der Waals surface area (Å²) in [5, 5.41) is 0. The van der Waals surface area contributed by atoms with Gasteiger partial charge in [0.05, 0.1) is 0 Å². The smallest absolute Gasteiger partial charge is 0.0211 e. The quantitative estimate of drug-likeness (QED) is 0.239. The van der Waals surface area contributed by atoms with E-state index in [1.807, 2.05) is 152 Å². The Kier molecular flexibility index (Phi) is 62.2. The normalized spacial score (nSPS) is 28.2. The second-order valence-electron chi connectivity index (χ2n) is 24.1. The molecule has 6 heterocycles. The van der Waals surface area contributed by atoms with Crippen LogP contribution in [0.1, 0.15) is 272 Å². The Bertz CT molecular complexity index is 831. The summed E-state index contributed by atoms with van der Waals surface area (Å²) < 4.78 is 0. The Morgan fingerprint density at radius 3 is 0.447 bits per heavy atom. The van der Waals surface area contributed by atoms with Crippen LogP contribution in [0.3, 0.4) is 0 Å². The molecule has 6 heteroatoms. The fraction of sp³-hybridized carbons (Fsp3) is 1.00. The molecule has 11 fully saturated rings. The number of rotatable bonds is 0. The predicted octanol–water partition coefficient (Wildman–Crippen LogP) is 19.9. The molecule has 6 nitrogen and oxygen atoms in total. The summed E-state index contributed by atoms with van der Waals surface area (Å²) in [5.74, 6) is 8.18. The number of hydrogen-bond donors (Lipinski definition) is 0. The average Bonchev–Trinajstić information content (AvgIpc) is 3.35. The maximum Gasteiger partial charge on any atom is 0.0211 e. The highest BCUT2D eigenvalue weighted by Gasteiger charge is 2.51. The van der Waals surface area contributed by atoms with Crippen molar-refractivity contribution in [3.8, 4) is 0 Å². The predicted molar refractivity (Wildman–Crippen MR) is 359 cm³/mol. The molecule has 6 aliphatic heterocycles. The zero-order valence-electron chi connectivity index (χ0n) is 60.9. The lowest BCUT2D eigenvalue weighted by atomic mass is 9.49. The van der Waals surface area contributed by atoms with Crippen molar-refractivity contribution in [2.24, 2.45) is 69.0 Å². The first-order valence-electron chi connectivity index (χ1n) is 34.3. The topological polar surface area (TPSA) is 19.4 Å². The maximum absolute atomic E-state index is 2.42. The van der Waals surface area contributed by atoms with Gasteiger partial charge in [-0.1, -0.05) is 208 Å². The highest BCUT2D eigenvalue weighted by atomic mass is 15.3. The molecule has 0 aromatic heterocycles. The molecule has 11 rings (SSSR count). The van der Waals surface area contributed by atoms with Gasteiger partial charge in [0.2, 0.25) is 0 Å². The van der Waals surface area contributed by atoms with Crippen molar-refractivity contribution in [3.63, 3.8) is 0 Å². The Morgan fingerprint density at radius 1 is 0.197 bits per heavy atom. The molecule has 470 valence electrons. The zero-order chi connectivity index (χ0) is 61.6. The van der Waals surface area contributed by atoms with Crippen LogP contribution in [0.15, 0.2) is 0 Å². The van der Waals surface area contributed by atoms with E-state index in [4.69, 9.17) is 0 Å². The van der Waals surface area contributed by atoms with E-state index in [-0.39, 0.29) is 0 Å². The molecule has 0 amide bonds. The minimum absolute atomic E-state index is 0.740. The third kappa shape index (κ3) is 36.3. The molecular weight excluding hydrogens is 925 g/mol. The minimum Gasteiger partial charge on any atom is -0.306 e. The fourth-order valence-corrected chi connectivity index (χ4v) is 14.4. The van der Waals surface area contributed by atoms with Crippen LogP contribution in [0.25, 0.3) is 0 Å². The van der Waals surface area contributed by atoms with E-state index in [0.29, 0.717) is 0 Å². The van der Waals surface area contributed by atoms with Crippen molar-refractivity contribution in [1.82, 2.24) is 29.4 Å². The van der Waals surface area contributed by atoms with Crippen LogP contribution in [0.2, 0.25) is 0 Å². The first-order valence-corrected chi connectivity index (χ1v) is 34.3. The van der Waals surface area contributed by atoms with Gasteiger partial charge >= 0.3 is 0 Å². The summed E-state index contributed by atoms with van der Waals surface area (Å²) in [4.78, 5) is 14.3. The van der Waals surface area contributed by atoms with Crippen molar-refractivity contribution in [2.45, 2.75) is 272 Å². The third-order valence-corrected chi connectivity index (χ3v) is 15.2. The standard InChI is InChI=1S/C9H16.2C8H15N.C7H14N2.C6H12.2C5H11N.11C2H6/c1-7-3-9(4-7)5-8(2)6-9;2*1-7-3-8(4-7)5-9(2)6-8;1-8-3-7(4-8)5-9(2)6-7;3*1-5-3-6(2)4-5;11*1-2/h7-8H,3-6H2,1-2H3;2*7H,3-6H2,1-2H3;3-6H2,1-2H3;5-6H,3-4H2,1-2H3;2*5H,3-4H2,1-2H3;11*1-2H3. The second-order valence-corrected chi connectivity index (χ2v) is 24.1. The van der Waals surface area contributed by atoms with Crippen molar-refractivity contribution in [3.05, 3.63) is 0 Å². The second kappa shape index (κ2) is 52.8. The van der Waals surface area contributed by atoms with Crippen LogP contribution in [0.4, 0.5) is 0 Å². The van der Waals surface area contributed by atoms with Gasteiger partial charge in [-0.25, -0.2) is 0 Å². The molecule has 11 aliphatic rings. The van der Waals surface area contributed by atoms with E-state index in [1.54, 1.807) is 0 Å². The lowest BCUT2D eigenvalue weighted by Gasteiger charge is -2.58. The highest BCUT2D eigenvalue weighted by molar-refractivity contribution is 5.04. The van der Waals surface area contributed by atoms with Crippen molar-refractivity contribution in [2.75, 3.05) is 121 Å². The molecule has 0 radical (unpaired) electrons. The van der Waals surface area contributed by atoms with Gasteiger partial charge in [-0.2, -0.15) is 0 Å². The van der Waals surface area contributed by atoms with E-state index >= 15 is 0 Å². The molecular formula is C70H160N6. The largest absolute Gasteiger partial charge is 0.306 e. The number of hydrogen-bond acceptors (Lipinski definition) is 6. The highest BCUT2D eigenvalue weighted by Crippen LogP contribution is 2.60. The van der Waals surface area contributed by atoms with Gasteiger partial charge in [-0.3, -0.25) is 0 Å². The van der Waals surface area contributed by atoms with Gasteiger partial charge in [0.15, 0.2) is 0 Å². The Labute approximate surface area is 489 Å². The molecule has 0 aromatic carbocycles. The molecule has 0 unspecified atom stereocenters. The van der Waals surface area contributed by atoms with E-state index in [1.165, 1.54) is 143 Å². The molecule has 5 saturated carbocycles.